The molecule has 0 fully saturated rings. The summed E-state index contributed by atoms with van der Waals surface area (Å²) in [6.07, 6.45) is 1.81. The van der Waals surface area contributed by atoms with Crippen LogP contribution in [0.2, 0.25) is 5.02 Å². The van der Waals surface area contributed by atoms with Gasteiger partial charge in [0.25, 0.3) is 0 Å². The van der Waals surface area contributed by atoms with Crippen LogP contribution in [0.1, 0.15) is 56.2 Å². The van der Waals surface area contributed by atoms with E-state index in [1.807, 2.05) is 24.3 Å². The van der Waals surface area contributed by atoms with Crippen molar-refractivity contribution in [3.05, 3.63) is 58.5 Å². The Morgan fingerprint density at radius 1 is 1.31 bits per heavy atom. The topological polar surface area (TPSA) is 42.2 Å². The van der Waals surface area contributed by atoms with Crippen molar-refractivity contribution < 1.29 is 14.3 Å². The summed E-state index contributed by atoms with van der Waals surface area (Å²) in [5.41, 5.74) is 2.86. The molecule has 0 spiro atoms. The molecule has 0 radical (unpaired) electrons. The average molecular weight is 432 g/mol. The van der Waals surface area contributed by atoms with Crippen molar-refractivity contribution in [2.45, 2.75) is 61.3 Å². The number of carboxylic acids is 1. The summed E-state index contributed by atoms with van der Waals surface area (Å²) >= 11 is 7.67. The lowest BCUT2D eigenvalue weighted by Gasteiger charge is -2.25. The minimum absolute atomic E-state index is 0.0773. The third kappa shape index (κ3) is 3.90. The minimum atomic E-state index is -0.800. The maximum absolute atomic E-state index is 14.5. The Kier molecular flexibility index (Phi) is 5.63. The highest BCUT2D eigenvalue weighted by Crippen LogP contribution is 2.48. The highest BCUT2D eigenvalue weighted by molar-refractivity contribution is 7.99. The van der Waals surface area contributed by atoms with Crippen LogP contribution in [0.15, 0.2) is 46.2 Å². The number of aryl methyl sites for hydroxylation is 1. The lowest BCUT2D eigenvalue weighted by atomic mass is 9.92. The van der Waals surface area contributed by atoms with Gasteiger partial charge in [0.05, 0.1) is 11.9 Å². The van der Waals surface area contributed by atoms with Crippen LogP contribution in [0, 0.1) is 5.82 Å². The van der Waals surface area contributed by atoms with Gasteiger partial charge in [0, 0.05) is 38.4 Å². The molecule has 0 amide bonds. The van der Waals surface area contributed by atoms with E-state index < -0.39 is 5.97 Å². The number of carboxylic acid groups (broad SMARTS) is 1. The van der Waals surface area contributed by atoms with Gasteiger partial charge in [-0.3, -0.25) is 4.79 Å². The standard InChI is InChI=1S/C23H23ClFNO2S/c1-13(2)18-11-16(25)12-19-21(18)23(29-17-7-5-15(24)6-8-17)22-14(10-20(27)28)4-3-9-26(19)22/h5-8,11-14H,3-4,9-10H2,1-2H3,(H,27,28). The third-order valence-corrected chi connectivity index (χ3v) is 6.93. The molecule has 1 unspecified atom stereocenters. The zero-order valence-electron chi connectivity index (χ0n) is 16.4. The summed E-state index contributed by atoms with van der Waals surface area (Å²) in [6.45, 7) is 4.91. The maximum Gasteiger partial charge on any atom is 0.304 e. The Morgan fingerprint density at radius 3 is 2.69 bits per heavy atom. The van der Waals surface area contributed by atoms with Crippen LogP contribution >= 0.6 is 23.4 Å². The van der Waals surface area contributed by atoms with E-state index in [0.717, 1.165) is 51.3 Å². The van der Waals surface area contributed by atoms with Crippen LogP contribution in [0.5, 0.6) is 0 Å². The van der Waals surface area contributed by atoms with Crippen LogP contribution < -0.4 is 0 Å². The summed E-state index contributed by atoms with van der Waals surface area (Å²) in [6, 6.07) is 10.9. The van der Waals surface area contributed by atoms with Crippen molar-refractivity contribution in [2.24, 2.45) is 0 Å². The Balaban J connectivity index is 1.99. The predicted octanol–water partition coefficient (Wildman–Crippen LogP) is 7.06. The number of carbonyl (C=O) groups is 1. The van der Waals surface area contributed by atoms with Crippen LogP contribution in [-0.2, 0) is 11.3 Å². The first kappa shape index (κ1) is 20.3. The third-order valence-electron chi connectivity index (χ3n) is 5.55. The van der Waals surface area contributed by atoms with E-state index in [0.29, 0.717) is 5.02 Å². The zero-order chi connectivity index (χ0) is 20.7. The van der Waals surface area contributed by atoms with Gasteiger partial charge in [-0.15, -0.1) is 0 Å². The van der Waals surface area contributed by atoms with E-state index in [1.165, 1.54) is 0 Å². The van der Waals surface area contributed by atoms with Crippen molar-refractivity contribution in [1.82, 2.24) is 4.57 Å². The molecular formula is C23H23ClFNO2S. The first-order chi connectivity index (χ1) is 13.8. The van der Waals surface area contributed by atoms with Gasteiger partial charge < -0.3 is 9.67 Å². The van der Waals surface area contributed by atoms with Crippen molar-refractivity contribution >= 4 is 40.2 Å². The molecule has 0 bridgehead atoms. The van der Waals surface area contributed by atoms with Gasteiger partial charge in [0.1, 0.15) is 5.82 Å². The molecule has 0 saturated heterocycles. The molecule has 152 valence electrons. The van der Waals surface area contributed by atoms with Gasteiger partial charge >= 0.3 is 5.97 Å². The summed E-state index contributed by atoms with van der Waals surface area (Å²) in [5, 5.41) is 11.2. The smallest absolute Gasteiger partial charge is 0.304 e. The Morgan fingerprint density at radius 2 is 2.03 bits per heavy atom. The molecule has 2 heterocycles. The predicted molar refractivity (Wildman–Crippen MR) is 116 cm³/mol. The summed E-state index contributed by atoms with van der Waals surface area (Å²) in [4.78, 5) is 13.6. The number of hydrogen-bond acceptors (Lipinski definition) is 2. The molecule has 1 atom stereocenters. The van der Waals surface area contributed by atoms with Crippen molar-refractivity contribution in [3.63, 3.8) is 0 Å². The van der Waals surface area contributed by atoms with Crippen LogP contribution in [0.3, 0.4) is 0 Å². The van der Waals surface area contributed by atoms with Gasteiger partial charge in [0.15, 0.2) is 0 Å². The van der Waals surface area contributed by atoms with E-state index in [4.69, 9.17) is 11.6 Å². The van der Waals surface area contributed by atoms with Gasteiger partial charge in [-0.2, -0.15) is 0 Å². The molecule has 1 aliphatic heterocycles. The lowest BCUT2D eigenvalue weighted by Crippen LogP contribution is -2.18. The average Bonchev–Trinajstić information content (AvgIpc) is 2.97. The molecular weight excluding hydrogens is 409 g/mol. The van der Waals surface area contributed by atoms with Crippen molar-refractivity contribution in [3.8, 4) is 0 Å². The fourth-order valence-electron chi connectivity index (χ4n) is 4.32. The van der Waals surface area contributed by atoms with Gasteiger partial charge in [0.2, 0.25) is 0 Å². The van der Waals surface area contributed by atoms with Crippen LogP contribution in [-0.4, -0.2) is 15.6 Å². The molecule has 4 rings (SSSR count). The maximum atomic E-state index is 14.5. The molecule has 1 aliphatic rings. The summed E-state index contributed by atoms with van der Waals surface area (Å²) in [7, 11) is 0. The highest BCUT2D eigenvalue weighted by atomic mass is 35.5. The zero-order valence-corrected chi connectivity index (χ0v) is 18.0. The molecule has 3 nitrogen and oxygen atoms in total. The van der Waals surface area contributed by atoms with Crippen molar-refractivity contribution in [1.29, 1.82) is 0 Å². The largest absolute Gasteiger partial charge is 0.481 e. The molecule has 3 aromatic rings. The molecule has 29 heavy (non-hydrogen) atoms. The fraction of sp³-hybridized carbons (Fsp3) is 0.348. The molecule has 6 heteroatoms. The van der Waals surface area contributed by atoms with Gasteiger partial charge in [-0.05, 0) is 60.7 Å². The summed E-state index contributed by atoms with van der Waals surface area (Å²) in [5.74, 6) is -0.969. The number of aromatic nitrogens is 1. The number of hydrogen-bond donors (Lipinski definition) is 1. The van der Waals surface area contributed by atoms with Crippen LogP contribution in [0.4, 0.5) is 4.39 Å². The van der Waals surface area contributed by atoms with Gasteiger partial charge in [-0.25, -0.2) is 4.39 Å². The second-order valence-electron chi connectivity index (χ2n) is 7.90. The number of nitrogens with zero attached hydrogens (tertiary/aromatic N) is 1. The molecule has 1 aromatic heterocycles. The van der Waals surface area contributed by atoms with Crippen LogP contribution in [0.25, 0.3) is 10.9 Å². The Hall–Kier alpha value is -1.98. The number of rotatable bonds is 5. The second-order valence-corrected chi connectivity index (χ2v) is 9.42. The first-order valence-corrected chi connectivity index (χ1v) is 11.1. The number of aliphatic carboxylic acids is 1. The molecule has 0 aliphatic carbocycles. The normalized spacial score (nSPS) is 16.4. The molecule has 0 saturated carbocycles. The minimum Gasteiger partial charge on any atom is -0.481 e. The van der Waals surface area contributed by atoms with E-state index in [-0.39, 0.29) is 24.1 Å². The van der Waals surface area contributed by atoms with E-state index in [9.17, 15) is 14.3 Å². The monoisotopic (exact) mass is 431 g/mol. The van der Waals surface area contributed by atoms with E-state index in [2.05, 4.69) is 18.4 Å². The molecule has 1 N–H and O–H groups in total. The second kappa shape index (κ2) is 8.04. The van der Waals surface area contributed by atoms with E-state index in [1.54, 1.807) is 23.9 Å². The Bertz CT molecular complexity index is 1070. The highest BCUT2D eigenvalue weighted by Gasteiger charge is 2.31. The number of halogens is 2. The quantitative estimate of drug-likeness (QED) is 0.470. The van der Waals surface area contributed by atoms with E-state index >= 15 is 0 Å². The number of benzene rings is 2. The first-order valence-electron chi connectivity index (χ1n) is 9.86. The molecule has 2 aromatic carbocycles. The fourth-order valence-corrected chi connectivity index (χ4v) is 5.66. The SMILES string of the molecule is CC(C)c1cc(F)cc2c1c(Sc1ccc(Cl)cc1)c1n2CCCC1CC(=O)O. The van der Waals surface area contributed by atoms with Crippen molar-refractivity contribution in [2.75, 3.05) is 0 Å². The lowest BCUT2D eigenvalue weighted by molar-refractivity contribution is -0.137. The number of fused-ring (bicyclic) bond motifs is 3. The summed E-state index contributed by atoms with van der Waals surface area (Å²) < 4.78 is 16.6. The van der Waals surface area contributed by atoms with Gasteiger partial charge in [-0.1, -0.05) is 37.2 Å². The Labute approximate surface area is 178 Å².